The number of rotatable bonds is 3. The van der Waals surface area contributed by atoms with Crippen molar-refractivity contribution in [1.82, 2.24) is 15.6 Å². The van der Waals surface area contributed by atoms with Crippen LogP contribution in [0.25, 0.3) is 10.1 Å². The third-order valence-electron chi connectivity index (χ3n) is 3.55. The zero-order valence-corrected chi connectivity index (χ0v) is 11.5. The van der Waals surface area contributed by atoms with Gasteiger partial charge in [-0.1, -0.05) is 0 Å². The van der Waals surface area contributed by atoms with Gasteiger partial charge in [0.15, 0.2) is 0 Å². The van der Waals surface area contributed by atoms with Crippen LogP contribution in [0, 0.1) is 5.92 Å². The standard InChI is InChI=1S/C14H17N3OS/c18-14(17-7-10-2-1-4-15-6-10)12-9-16-8-11-3-5-19-13(11)12/h3,5,8-10,15H,1-2,4,6-7H2,(H,17,18). The van der Waals surface area contributed by atoms with Crippen molar-refractivity contribution in [2.24, 2.45) is 5.92 Å². The van der Waals surface area contributed by atoms with Crippen molar-refractivity contribution >= 4 is 27.3 Å². The van der Waals surface area contributed by atoms with E-state index in [0.717, 1.165) is 29.7 Å². The number of piperidine rings is 1. The number of fused-ring (bicyclic) bond motifs is 1. The van der Waals surface area contributed by atoms with Crippen molar-refractivity contribution in [3.05, 3.63) is 29.4 Å². The van der Waals surface area contributed by atoms with Crippen LogP contribution in [0.5, 0.6) is 0 Å². The number of amides is 1. The van der Waals surface area contributed by atoms with Crippen LogP contribution in [0.15, 0.2) is 23.8 Å². The second kappa shape index (κ2) is 5.67. The summed E-state index contributed by atoms with van der Waals surface area (Å²) in [7, 11) is 0. The molecule has 1 aliphatic rings. The molecule has 4 nitrogen and oxygen atoms in total. The number of pyridine rings is 1. The zero-order chi connectivity index (χ0) is 13.1. The van der Waals surface area contributed by atoms with E-state index in [1.165, 1.54) is 12.8 Å². The van der Waals surface area contributed by atoms with E-state index in [1.54, 1.807) is 23.7 Å². The summed E-state index contributed by atoms with van der Waals surface area (Å²) in [5.41, 5.74) is 0.691. The van der Waals surface area contributed by atoms with Crippen LogP contribution in [0.2, 0.25) is 0 Å². The molecule has 0 saturated carbocycles. The molecule has 0 radical (unpaired) electrons. The molecule has 0 aliphatic carbocycles. The fourth-order valence-electron chi connectivity index (χ4n) is 2.48. The van der Waals surface area contributed by atoms with Gasteiger partial charge in [0, 0.05) is 24.3 Å². The van der Waals surface area contributed by atoms with Gasteiger partial charge in [-0.15, -0.1) is 11.3 Å². The van der Waals surface area contributed by atoms with E-state index in [-0.39, 0.29) is 5.91 Å². The molecule has 2 aromatic rings. The molecular formula is C14H17N3OS. The van der Waals surface area contributed by atoms with E-state index in [4.69, 9.17) is 0 Å². The summed E-state index contributed by atoms with van der Waals surface area (Å²) in [5, 5.41) is 9.43. The summed E-state index contributed by atoms with van der Waals surface area (Å²) in [6.07, 6.45) is 5.85. The highest BCUT2D eigenvalue weighted by atomic mass is 32.1. The Morgan fingerprint density at radius 1 is 1.53 bits per heavy atom. The Balaban J connectivity index is 1.68. The van der Waals surface area contributed by atoms with Crippen molar-refractivity contribution in [3.63, 3.8) is 0 Å². The molecule has 5 heteroatoms. The van der Waals surface area contributed by atoms with Gasteiger partial charge in [0.1, 0.15) is 0 Å². The van der Waals surface area contributed by atoms with Crippen molar-refractivity contribution in [3.8, 4) is 0 Å². The summed E-state index contributed by atoms with van der Waals surface area (Å²) in [6.45, 7) is 2.85. The number of carbonyl (C=O) groups is 1. The zero-order valence-electron chi connectivity index (χ0n) is 10.7. The van der Waals surface area contributed by atoms with Gasteiger partial charge in [-0.25, -0.2) is 0 Å². The molecule has 0 aromatic carbocycles. The van der Waals surface area contributed by atoms with Crippen LogP contribution >= 0.6 is 11.3 Å². The largest absolute Gasteiger partial charge is 0.352 e. The molecule has 1 amide bonds. The minimum absolute atomic E-state index is 0.00822. The minimum Gasteiger partial charge on any atom is -0.352 e. The molecule has 1 aliphatic heterocycles. The van der Waals surface area contributed by atoms with Crippen molar-refractivity contribution in [2.45, 2.75) is 12.8 Å². The second-order valence-electron chi connectivity index (χ2n) is 4.95. The molecular weight excluding hydrogens is 258 g/mol. The number of thiophene rings is 1. The Kier molecular flexibility index (Phi) is 3.75. The second-order valence-corrected chi connectivity index (χ2v) is 5.86. The summed E-state index contributed by atoms with van der Waals surface area (Å²) < 4.78 is 1.02. The summed E-state index contributed by atoms with van der Waals surface area (Å²) in [6, 6.07) is 1.99. The Bertz CT molecular complexity index is 575. The van der Waals surface area contributed by atoms with Gasteiger partial charge in [-0.05, 0) is 43.3 Å². The SMILES string of the molecule is O=C(NCC1CCCNC1)c1cncc2ccsc12. The average molecular weight is 275 g/mol. The highest BCUT2D eigenvalue weighted by Crippen LogP contribution is 2.23. The molecule has 2 N–H and O–H groups in total. The van der Waals surface area contributed by atoms with Gasteiger partial charge in [0.25, 0.3) is 5.91 Å². The molecule has 1 fully saturated rings. The Labute approximate surface area is 116 Å². The lowest BCUT2D eigenvalue weighted by atomic mass is 10.00. The van der Waals surface area contributed by atoms with E-state index in [2.05, 4.69) is 15.6 Å². The highest BCUT2D eigenvalue weighted by molar-refractivity contribution is 7.17. The average Bonchev–Trinajstić information content (AvgIpc) is 2.94. The molecule has 1 unspecified atom stereocenters. The number of nitrogens with zero attached hydrogens (tertiary/aromatic N) is 1. The first-order valence-electron chi connectivity index (χ1n) is 6.65. The summed E-state index contributed by atoms with van der Waals surface area (Å²) >= 11 is 1.59. The molecule has 0 bridgehead atoms. The maximum absolute atomic E-state index is 12.2. The smallest absolute Gasteiger partial charge is 0.254 e. The van der Waals surface area contributed by atoms with Crippen LogP contribution in [0.1, 0.15) is 23.2 Å². The molecule has 1 saturated heterocycles. The van der Waals surface area contributed by atoms with E-state index < -0.39 is 0 Å². The first-order chi connectivity index (χ1) is 9.34. The van der Waals surface area contributed by atoms with Gasteiger partial charge in [-0.3, -0.25) is 9.78 Å². The Morgan fingerprint density at radius 2 is 2.47 bits per heavy atom. The van der Waals surface area contributed by atoms with Crippen molar-refractivity contribution in [2.75, 3.05) is 19.6 Å². The molecule has 3 heterocycles. The lowest BCUT2D eigenvalue weighted by Crippen LogP contribution is -2.38. The fourth-order valence-corrected chi connectivity index (χ4v) is 3.36. The van der Waals surface area contributed by atoms with Crippen LogP contribution in [0.3, 0.4) is 0 Å². The number of nitrogens with one attached hydrogen (secondary N) is 2. The van der Waals surface area contributed by atoms with Gasteiger partial charge >= 0.3 is 0 Å². The van der Waals surface area contributed by atoms with Gasteiger partial charge in [-0.2, -0.15) is 0 Å². The van der Waals surface area contributed by atoms with Gasteiger partial charge < -0.3 is 10.6 Å². The maximum Gasteiger partial charge on any atom is 0.254 e. The van der Waals surface area contributed by atoms with Crippen molar-refractivity contribution in [1.29, 1.82) is 0 Å². The topological polar surface area (TPSA) is 54.0 Å². The Hall–Kier alpha value is -1.46. The fraction of sp³-hybridized carbons (Fsp3) is 0.429. The molecule has 19 heavy (non-hydrogen) atoms. The first-order valence-corrected chi connectivity index (χ1v) is 7.52. The lowest BCUT2D eigenvalue weighted by Gasteiger charge is -2.22. The molecule has 0 spiro atoms. The van der Waals surface area contributed by atoms with Gasteiger partial charge in [0.05, 0.1) is 10.3 Å². The van der Waals surface area contributed by atoms with Crippen LogP contribution in [0.4, 0.5) is 0 Å². The third-order valence-corrected chi connectivity index (χ3v) is 4.52. The predicted molar refractivity (Wildman–Crippen MR) is 77.5 cm³/mol. The minimum atomic E-state index is -0.00822. The Morgan fingerprint density at radius 3 is 3.32 bits per heavy atom. The summed E-state index contributed by atoms with van der Waals surface area (Å²) in [4.78, 5) is 16.4. The molecule has 3 rings (SSSR count). The third kappa shape index (κ3) is 2.77. The molecule has 100 valence electrons. The number of aromatic nitrogens is 1. The van der Waals surface area contributed by atoms with E-state index >= 15 is 0 Å². The summed E-state index contributed by atoms with van der Waals surface area (Å²) in [5.74, 6) is 0.541. The predicted octanol–water partition coefficient (Wildman–Crippen LogP) is 2.03. The van der Waals surface area contributed by atoms with E-state index in [0.29, 0.717) is 11.5 Å². The number of hydrogen-bond acceptors (Lipinski definition) is 4. The first kappa shape index (κ1) is 12.6. The molecule has 1 atom stereocenters. The maximum atomic E-state index is 12.2. The van der Waals surface area contributed by atoms with E-state index in [9.17, 15) is 4.79 Å². The van der Waals surface area contributed by atoms with Crippen LogP contribution in [-0.4, -0.2) is 30.5 Å². The molecule has 2 aromatic heterocycles. The normalized spacial score (nSPS) is 19.5. The lowest BCUT2D eigenvalue weighted by molar-refractivity contribution is 0.0946. The van der Waals surface area contributed by atoms with Crippen molar-refractivity contribution < 1.29 is 4.79 Å². The van der Waals surface area contributed by atoms with Crippen LogP contribution in [-0.2, 0) is 0 Å². The van der Waals surface area contributed by atoms with Gasteiger partial charge in [0.2, 0.25) is 0 Å². The monoisotopic (exact) mass is 275 g/mol. The van der Waals surface area contributed by atoms with Crippen LogP contribution < -0.4 is 10.6 Å². The number of carbonyl (C=O) groups excluding carboxylic acids is 1. The number of hydrogen-bond donors (Lipinski definition) is 2. The highest BCUT2D eigenvalue weighted by Gasteiger charge is 2.16. The van der Waals surface area contributed by atoms with E-state index in [1.807, 2.05) is 11.4 Å². The quantitative estimate of drug-likeness (QED) is 0.901.